The zero-order valence-corrected chi connectivity index (χ0v) is 16.3. The third-order valence-corrected chi connectivity index (χ3v) is 5.03. The van der Waals surface area contributed by atoms with Crippen molar-refractivity contribution in [1.82, 2.24) is 25.1 Å². The van der Waals surface area contributed by atoms with Crippen LogP contribution < -0.4 is 10.6 Å². The Bertz CT molecular complexity index is 1090. The summed E-state index contributed by atoms with van der Waals surface area (Å²) in [5.74, 6) is 0.308. The highest BCUT2D eigenvalue weighted by Crippen LogP contribution is 2.44. The van der Waals surface area contributed by atoms with E-state index in [1.54, 1.807) is 29.2 Å². The number of aryl methyl sites for hydroxylation is 2. The topological polar surface area (TPSA) is 109 Å². The number of carbonyl (C=O) groups excluding carboxylic acids is 1. The second-order valence-electron chi connectivity index (χ2n) is 7.41. The molecule has 2 aromatic heterocycles. The van der Waals surface area contributed by atoms with Gasteiger partial charge in [0, 0.05) is 37.1 Å². The van der Waals surface area contributed by atoms with Gasteiger partial charge >= 0.3 is 0 Å². The number of anilines is 2. The highest BCUT2D eigenvalue weighted by molar-refractivity contribution is 5.94. The summed E-state index contributed by atoms with van der Waals surface area (Å²) in [7, 11) is 1.84. The van der Waals surface area contributed by atoms with Crippen molar-refractivity contribution in [2.45, 2.75) is 19.8 Å². The van der Waals surface area contributed by atoms with Gasteiger partial charge in [0.05, 0.1) is 29.1 Å². The van der Waals surface area contributed by atoms with Crippen molar-refractivity contribution < 1.29 is 4.79 Å². The maximum Gasteiger partial charge on any atom is 0.251 e. The first-order chi connectivity index (χ1) is 14.0. The van der Waals surface area contributed by atoms with Gasteiger partial charge in [0.1, 0.15) is 0 Å². The third-order valence-electron chi connectivity index (χ3n) is 5.03. The fourth-order valence-electron chi connectivity index (χ4n) is 3.02. The Labute approximate surface area is 168 Å². The molecule has 0 unspecified atom stereocenters. The maximum absolute atomic E-state index is 12.3. The molecular weight excluding hydrogens is 366 g/mol. The van der Waals surface area contributed by atoms with Gasteiger partial charge in [0.2, 0.25) is 5.95 Å². The van der Waals surface area contributed by atoms with Crippen molar-refractivity contribution in [3.63, 3.8) is 0 Å². The van der Waals surface area contributed by atoms with E-state index in [0.717, 1.165) is 35.3 Å². The molecule has 1 aromatic carbocycles. The highest BCUT2D eigenvalue weighted by atomic mass is 16.1. The van der Waals surface area contributed by atoms with Crippen LogP contribution in [0.2, 0.25) is 0 Å². The molecule has 0 bridgehead atoms. The number of nitrogens with zero attached hydrogens (tertiary/aromatic N) is 5. The number of nitriles is 1. The normalized spacial score (nSPS) is 14.1. The minimum atomic E-state index is -0.356. The molecule has 146 valence electrons. The van der Waals surface area contributed by atoms with Crippen LogP contribution in [0, 0.1) is 23.7 Å². The van der Waals surface area contributed by atoms with Crippen LogP contribution in [0.4, 0.5) is 11.6 Å². The van der Waals surface area contributed by atoms with E-state index in [1.807, 2.05) is 32.3 Å². The van der Waals surface area contributed by atoms with Crippen molar-refractivity contribution in [3.8, 4) is 17.3 Å². The number of nitrogens with one attached hydrogen (secondary N) is 2. The number of amides is 1. The van der Waals surface area contributed by atoms with Crippen LogP contribution in [0.1, 0.15) is 28.8 Å². The first-order valence-corrected chi connectivity index (χ1v) is 9.37. The monoisotopic (exact) mass is 387 g/mol. The zero-order chi connectivity index (χ0) is 20.4. The molecule has 4 rings (SSSR count). The molecule has 1 fully saturated rings. The number of rotatable bonds is 6. The number of benzene rings is 1. The summed E-state index contributed by atoms with van der Waals surface area (Å²) in [6.45, 7) is 2.35. The molecule has 0 radical (unpaired) electrons. The van der Waals surface area contributed by atoms with Gasteiger partial charge in [-0.2, -0.15) is 10.4 Å². The lowest BCUT2D eigenvalue weighted by molar-refractivity contribution is 0.0948. The van der Waals surface area contributed by atoms with E-state index >= 15 is 0 Å². The van der Waals surface area contributed by atoms with E-state index < -0.39 is 0 Å². The van der Waals surface area contributed by atoms with Crippen molar-refractivity contribution in [3.05, 3.63) is 54.0 Å². The standard InChI is InChI=1S/C21H21N7O/c1-14-9-23-20(26-17-10-25-28(2)11-17)27-18(14)15-3-5-16(6-4-15)19(29)24-13-21(12-22)7-8-21/h3-6,9-11H,7-8,13H2,1-2H3,(H,24,29)(H,23,26,27). The molecule has 2 N–H and O–H groups in total. The summed E-state index contributed by atoms with van der Waals surface area (Å²) in [6.07, 6.45) is 7.01. The van der Waals surface area contributed by atoms with E-state index in [2.05, 4.69) is 31.8 Å². The Morgan fingerprint density at radius 1 is 1.28 bits per heavy atom. The molecule has 2 heterocycles. The minimum Gasteiger partial charge on any atom is -0.350 e. The van der Waals surface area contributed by atoms with Crippen LogP contribution in [-0.2, 0) is 7.05 Å². The molecule has 0 aliphatic heterocycles. The molecule has 1 amide bonds. The molecule has 1 aliphatic rings. The van der Waals surface area contributed by atoms with Crippen LogP contribution in [0.15, 0.2) is 42.9 Å². The molecule has 0 spiro atoms. The van der Waals surface area contributed by atoms with Crippen LogP contribution in [-0.4, -0.2) is 32.2 Å². The lowest BCUT2D eigenvalue weighted by Gasteiger charge is -2.10. The maximum atomic E-state index is 12.3. The summed E-state index contributed by atoms with van der Waals surface area (Å²) in [5, 5.41) is 19.2. The fourth-order valence-corrected chi connectivity index (χ4v) is 3.02. The Morgan fingerprint density at radius 2 is 2.03 bits per heavy atom. The highest BCUT2D eigenvalue weighted by Gasteiger charge is 2.43. The van der Waals surface area contributed by atoms with E-state index in [0.29, 0.717) is 18.1 Å². The van der Waals surface area contributed by atoms with Gasteiger partial charge in [-0.05, 0) is 37.5 Å². The van der Waals surface area contributed by atoms with Crippen molar-refractivity contribution in [1.29, 1.82) is 5.26 Å². The molecule has 1 aliphatic carbocycles. The zero-order valence-electron chi connectivity index (χ0n) is 16.3. The van der Waals surface area contributed by atoms with Gasteiger partial charge in [-0.3, -0.25) is 9.48 Å². The molecule has 8 nitrogen and oxygen atoms in total. The van der Waals surface area contributed by atoms with Gasteiger partial charge in [-0.1, -0.05) is 12.1 Å². The largest absolute Gasteiger partial charge is 0.350 e. The van der Waals surface area contributed by atoms with Gasteiger partial charge in [0.15, 0.2) is 0 Å². The van der Waals surface area contributed by atoms with Gasteiger partial charge in [0.25, 0.3) is 5.91 Å². The number of hydrogen-bond acceptors (Lipinski definition) is 6. The SMILES string of the molecule is Cc1cnc(Nc2cnn(C)c2)nc1-c1ccc(C(=O)NCC2(C#N)CC2)cc1. The molecular formula is C21H21N7O. The van der Waals surface area contributed by atoms with E-state index in [-0.39, 0.29) is 11.3 Å². The van der Waals surface area contributed by atoms with Gasteiger partial charge in [-0.25, -0.2) is 9.97 Å². The Balaban J connectivity index is 1.48. The molecule has 1 saturated carbocycles. The van der Waals surface area contributed by atoms with Crippen molar-refractivity contribution in [2.24, 2.45) is 12.5 Å². The Kier molecular flexibility index (Phi) is 4.72. The number of carbonyl (C=O) groups is 1. The van der Waals surface area contributed by atoms with E-state index in [9.17, 15) is 4.79 Å². The number of hydrogen-bond donors (Lipinski definition) is 2. The summed E-state index contributed by atoms with van der Waals surface area (Å²) in [6, 6.07) is 9.56. The minimum absolute atomic E-state index is 0.170. The van der Waals surface area contributed by atoms with E-state index in [1.165, 1.54) is 0 Å². The fraction of sp³-hybridized carbons (Fsp3) is 0.286. The quantitative estimate of drug-likeness (QED) is 0.673. The first-order valence-electron chi connectivity index (χ1n) is 9.37. The second-order valence-corrected chi connectivity index (χ2v) is 7.41. The molecule has 29 heavy (non-hydrogen) atoms. The summed E-state index contributed by atoms with van der Waals surface area (Å²) in [5.41, 5.74) is 3.63. The molecule has 0 atom stereocenters. The lowest BCUT2D eigenvalue weighted by atomic mass is 10.1. The Morgan fingerprint density at radius 3 is 2.66 bits per heavy atom. The summed E-state index contributed by atoms with van der Waals surface area (Å²) < 4.78 is 1.70. The Hall–Kier alpha value is -3.73. The first kappa shape index (κ1) is 18.6. The summed E-state index contributed by atoms with van der Waals surface area (Å²) >= 11 is 0. The number of aromatic nitrogens is 4. The third kappa shape index (κ3) is 4.09. The van der Waals surface area contributed by atoms with Crippen LogP contribution in [0.5, 0.6) is 0 Å². The molecule has 0 saturated heterocycles. The van der Waals surface area contributed by atoms with E-state index in [4.69, 9.17) is 5.26 Å². The second kappa shape index (κ2) is 7.36. The van der Waals surface area contributed by atoms with Crippen LogP contribution >= 0.6 is 0 Å². The van der Waals surface area contributed by atoms with Gasteiger partial charge in [-0.15, -0.1) is 0 Å². The average Bonchev–Trinajstić information content (AvgIpc) is 3.41. The van der Waals surface area contributed by atoms with Crippen molar-refractivity contribution >= 4 is 17.5 Å². The average molecular weight is 387 g/mol. The van der Waals surface area contributed by atoms with Crippen LogP contribution in [0.3, 0.4) is 0 Å². The van der Waals surface area contributed by atoms with Crippen molar-refractivity contribution in [2.75, 3.05) is 11.9 Å². The molecule has 8 heteroatoms. The smallest absolute Gasteiger partial charge is 0.251 e. The predicted molar refractivity (Wildman–Crippen MR) is 108 cm³/mol. The lowest BCUT2D eigenvalue weighted by Crippen LogP contribution is -2.29. The van der Waals surface area contributed by atoms with Gasteiger partial charge < -0.3 is 10.6 Å². The molecule has 3 aromatic rings. The predicted octanol–water partition coefficient (Wildman–Crippen LogP) is 2.96. The summed E-state index contributed by atoms with van der Waals surface area (Å²) in [4.78, 5) is 21.3. The van der Waals surface area contributed by atoms with Crippen LogP contribution in [0.25, 0.3) is 11.3 Å².